The summed E-state index contributed by atoms with van der Waals surface area (Å²) in [7, 11) is 1.41. The van der Waals surface area contributed by atoms with Crippen molar-refractivity contribution in [3.8, 4) is 0 Å². The molecule has 0 radical (unpaired) electrons. The van der Waals surface area contributed by atoms with Crippen LogP contribution in [0.25, 0.3) is 0 Å². The number of carbonyl (C=O) groups excluding carboxylic acids is 1. The average Bonchev–Trinajstić information content (AvgIpc) is 2.63. The smallest absolute Gasteiger partial charge is 0.326 e. The third-order valence-electron chi connectivity index (χ3n) is 2.58. The Morgan fingerprint density at radius 3 is 2.92 bits per heavy atom. The summed E-state index contributed by atoms with van der Waals surface area (Å²) >= 11 is 0. The summed E-state index contributed by atoms with van der Waals surface area (Å²) in [4.78, 5) is 11.5. The van der Waals surface area contributed by atoms with Crippen LogP contribution in [-0.4, -0.2) is 36.9 Å². The van der Waals surface area contributed by atoms with Gasteiger partial charge in [0.1, 0.15) is 5.54 Å². The molecule has 1 rings (SSSR count). The molecule has 1 heterocycles. The highest BCUT2D eigenvalue weighted by molar-refractivity contribution is 5.81. The van der Waals surface area contributed by atoms with E-state index in [1.54, 1.807) is 0 Å². The third kappa shape index (κ3) is 2.19. The van der Waals surface area contributed by atoms with Gasteiger partial charge < -0.3 is 15.2 Å². The van der Waals surface area contributed by atoms with Crippen molar-refractivity contribution < 1.29 is 14.6 Å². The first-order valence-corrected chi connectivity index (χ1v) is 4.69. The summed E-state index contributed by atoms with van der Waals surface area (Å²) in [6, 6.07) is 0. The zero-order chi connectivity index (χ0) is 9.73. The molecular weight excluding hydrogens is 170 g/mol. The Balaban J connectivity index is 2.57. The lowest BCUT2D eigenvalue weighted by Gasteiger charge is -2.25. The normalized spacial score (nSPS) is 27.5. The highest BCUT2D eigenvalue weighted by Gasteiger charge is 2.41. The number of esters is 1. The Morgan fingerprint density at radius 1 is 1.69 bits per heavy atom. The molecule has 1 atom stereocenters. The minimum Gasteiger partial charge on any atom is -0.468 e. The van der Waals surface area contributed by atoms with Gasteiger partial charge in [0.15, 0.2) is 0 Å². The number of aliphatic hydroxyl groups excluding tert-OH is 1. The van der Waals surface area contributed by atoms with E-state index >= 15 is 0 Å². The number of hydrogen-bond donors (Lipinski definition) is 2. The minimum absolute atomic E-state index is 0.125. The number of hydrogen-bond acceptors (Lipinski definition) is 4. The van der Waals surface area contributed by atoms with Crippen molar-refractivity contribution in [2.24, 2.45) is 0 Å². The van der Waals surface area contributed by atoms with Gasteiger partial charge in [0.05, 0.1) is 7.11 Å². The zero-order valence-electron chi connectivity index (χ0n) is 8.01. The van der Waals surface area contributed by atoms with Crippen LogP contribution < -0.4 is 5.32 Å². The molecule has 2 N–H and O–H groups in total. The van der Waals surface area contributed by atoms with Gasteiger partial charge in [-0.2, -0.15) is 0 Å². The third-order valence-corrected chi connectivity index (χ3v) is 2.58. The van der Waals surface area contributed by atoms with E-state index in [4.69, 9.17) is 9.84 Å². The first kappa shape index (κ1) is 10.5. The molecule has 4 nitrogen and oxygen atoms in total. The second-order valence-electron chi connectivity index (χ2n) is 3.43. The van der Waals surface area contributed by atoms with Gasteiger partial charge >= 0.3 is 5.97 Å². The van der Waals surface area contributed by atoms with Gasteiger partial charge in [-0.05, 0) is 32.2 Å². The molecule has 4 heteroatoms. The number of aliphatic hydroxyl groups is 1. The largest absolute Gasteiger partial charge is 0.468 e. The van der Waals surface area contributed by atoms with Crippen LogP contribution in [0, 0.1) is 0 Å². The van der Waals surface area contributed by atoms with Crippen molar-refractivity contribution >= 4 is 5.97 Å². The van der Waals surface area contributed by atoms with Gasteiger partial charge in [-0.1, -0.05) is 0 Å². The molecule has 0 aliphatic carbocycles. The Morgan fingerprint density at radius 2 is 2.46 bits per heavy atom. The van der Waals surface area contributed by atoms with Crippen LogP contribution in [0.3, 0.4) is 0 Å². The predicted molar refractivity (Wildman–Crippen MR) is 48.3 cm³/mol. The van der Waals surface area contributed by atoms with Gasteiger partial charge in [-0.15, -0.1) is 0 Å². The second-order valence-corrected chi connectivity index (χ2v) is 3.43. The quantitative estimate of drug-likeness (QED) is 0.611. The van der Waals surface area contributed by atoms with Crippen molar-refractivity contribution in [2.75, 3.05) is 20.3 Å². The maximum absolute atomic E-state index is 11.5. The lowest BCUT2D eigenvalue weighted by Crippen LogP contribution is -2.48. The Kier molecular flexibility index (Phi) is 3.69. The van der Waals surface area contributed by atoms with Crippen LogP contribution >= 0.6 is 0 Å². The maximum Gasteiger partial charge on any atom is 0.326 e. The number of rotatable bonds is 4. The second kappa shape index (κ2) is 4.58. The maximum atomic E-state index is 11.5. The lowest BCUT2D eigenvalue weighted by atomic mass is 9.92. The Bertz CT molecular complexity index is 176. The van der Waals surface area contributed by atoms with E-state index in [-0.39, 0.29) is 12.6 Å². The Hall–Kier alpha value is -0.610. The summed E-state index contributed by atoms with van der Waals surface area (Å²) in [6.07, 6.45) is 3.12. The molecule has 0 spiro atoms. The van der Waals surface area contributed by atoms with Crippen LogP contribution in [0.1, 0.15) is 25.7 Å². The van der Waals surface area contributed by atoms with Crippen LogP contribution in [0.15, 0.2) is 0 Å². The van der Waals surface area contributed by atoms with Crippen molar-refractivity contribution in [2.45, 2.75) is 31.2 Å². The van der Waals surface area contributed by atoms with Crippen LogP contribution in [0.2, 0.25) is 0 Å². The summed E-state index contributed by atoms with van der Waals surface area (Å²) in [6.45, 7) is 0.987. The van der Waals surface area contributed by atoms with Crippen molar-refractivity contribution in [3.63, 3.8) is 0 Å². The molecule has 1 aliphatic rings. The molecule has 76 valence electrons. The fourth-order valence-corrected chi connectivity index (χ4v) is 1.87. The molecule has 1 fully saturated rings. The highest BCUT2D eigenvalue weighted by Crippen LogP contribution is 2.25. The molecular formula is C9H17NO3. The average molecular weight is 187 g/mol. The van der Waals surface area contributed by atoms with Crippen molar-refractivity contribution in [1.29, 1.82) is 0 Å². The molecule has 0 aromatic rings. The van der Waals surface area contributed by atoms with Gasteiger partial charge in [0, 0.05) is 6.61 Å². The SMILES string of the molecule is COC(=O)C1(CCCO)CCCN1. The molecule has 1 saturated heterocycles. The van der Waals surface area contributed by atoms with Gasteiger partial charge in [0.25, 0.3) is 0 Å². The minimum atomic E-state index is -0.516. The van der Waals surface area contributed by atoms with E-state index < -0.39 is 5.54 Å². The van der Waals surface area contributed by atoms with Crippen LogP contribution in [0.5, 0.6) is 0 Å². The van der Waals surface area contributed by atoms with Crippen LogP contribution in [0.4, 0.5) is 0 Å². The van der Waals surface area contributed by atoms with E-state index in [9.17, 15) is 4.79 Å². The van der Waals surface area contributed by atoms with E-state index in [0.717, 1.165) is 19.4 Å². The summed E-state index contributed by atoms with van der Waals surface area (Å²) < 4.78 is 4.75. The molecule has 0 aromatic carbocycles. The number of ether oxygens (including phenoxy) is 1. The number of nitrogens with one attached hydrogen (secondary N) is 1. The van der Waals surface area contributed by atoms with E-state index in [1.807, 2.05) is 0 Å². The fraction of sp³-hybridized carbons (Fsp3) is 0.889. The zero-order valence-corrected chi connectivity index (χ0v) is 8.01. The van der Waals surface area contributed by atoms with Gasteiger partial charge in [-0.3, -0.25) is 4.79 Å². The first-order valence-electron chi connectivity index (χ1n) is 4.69. The molecule has 0 bridgehead atoms. The van der Waals surface area contributed by atoms with Gasteiger partial charge in [-0.25, -0.2) is 0 Å². The standard InChI is InChI=1S/C9H17NO3/c1-13-8(12)9(5-3-7-11)4-2-6-10-9/h10-11H,2-7H2,1H3. The molecule has 0 aromatic heterocycles. The van der Waals surface area contributed by atoms with Crippen molar-refractivity contribution in [3.05, 3.63) is 0 Å². The monoisotopic (exact) mass is 187 g/mol. The summed E-state index contributed by atoms with van der Waals surface area (Å²) in [5, 5.41) is 11.9. The number of methoxy groups -OCH3 is 1. The molecule has 1 unspecified atom stereocenters. The van der Waals surface area contributed by atoms with E-state index in [1.165, 1.54) is 7.11 Å². The predicted octanol–water partition coefficient (Wildman–Crippen LogP) is 0.0541. The van der Waals surface area contributed by atoms with Crippen LogP contribution in [-0.2, 0) is 9.53 Å². The summed E-state index contributed by atoms with van der Waals surface area (Å²) in [5.41, 5.74) is -0.516. The molecule has 0 amide bonds. The fourth-order valence-electron chi connectivity index (χ4n) is 1.87. The molecule has 1 aliphatic heterocycles. The highest BCUT2D eigenvalue weighted by atomic mass is 16.5. The molecule has 0 saturated carbocycles. The topological polar surface area (TPSA) is 58.6 Å². The number of carbonyl (C=O) groups is 1. The van der Waals surface area contributed by atoms with Crippen molar-refractivity contribution in [1.82, 2.24) is 5.32 Å². The summed E-state index contributed by atoms with van der Waals surface area (Å²) in [5.74, 6) is -0.196. The Labute approximate surface area is 78.3 Å². The first-order chi connectivity index (χ1) is 6.25. The van der Waals surface area contributed by atoms with Gasteiger partial charge in [0.2, 0.25) is 0 Å². The lowest BCUT2D eigenvalue weighted by molar-refractivity contribution is -0.148. The van der Waals surface area contributed by atoms with E-state index in [0.29, 0.717) is 12.8 Å². The van der Waals surface area contributed by atoms with E-state index in [2.05, 4.69) is 5.32 Å². The molecule has 13 heavy (non-hydrogen) atoms.